The average molecular weight is 388 g/mol. The van der Waals surface area contributed by atoms with Gasteiger partial charge < -0.3 is 19.4 Å². The largest absolute Gasteiger partial charge is 0.444 e. The second-order valence-corrected chi connectivity index (χ2v) is 9.71. The molecule has 1 N–H and O–H groups in total. The predicted molar refractivity (Wildman–Crippen MR) is 113 cm³/mol. The van der Waals surface area contributed by atoms with Crippen molar-refractivity contribution in [1.82, 2.24) is 4.90 Å². The fourth-order valence-electron chi connectivity index (χ4n) is 2.93. The predicted octanol–water partition coefficient (Wildman–Crippen LogP) is 3.61. The van der Waals surface area contributed by atoms with Gasteiger partial charge in [-0.1, -0.05) is 29.7 Å². The molecule has 1 radical (unpaired) electrons. The highest BCUT2D eigenvalue weighted by Gasteiger charge is 2.35. The van der Waals surface area contributed by atoms with Crippen LogP contribution in [0.5, 0.6) is 0 Å². The lowest BCUT2D eigenvalue weighted by atomic mass is 9.81. The molecule has 1 amide bonds. The van der Waals surface area contributed by atoms with E-state index in [0.29, 0.717) is 5.92 Å². The molecule has 1 aromatic carbocycles. The minimum atomic E-state index is -0.939. The van der Waals surface area contributed by atoms with Crippen LogP contribution in [0.15, 0.2) is 24.3 Å². The van der Waals surface area contributed by atoms with Crippen LogP contribution >= 0.6 is 0 Å². The highest BCUT2D eigenvalue weighted by Crippen LogP contribution is 2.28. The molecule has 0 aliphatic carbocycles. The second kappa shape index (κ2) is 8.46. The van der Waals surface area contributed by atoms with Crippen LogP contribution < -0.4 is 5.46 Å². The lowest BCUT2D eigenvalue weighted by Gasteiger charge is -2.37. The Hall–Kier alpha value is -1.53. The standard InChI is InChI=1S/C22H35BNO4/c1-20(2,3)27-19(25)24-14-12-17(13-15-24)16-8-10-18(11-9-16)23-28-22(6,7)21(4,5)26/h8-11,17,26H,12-15H2,1-7H3. The van der Waals surface area contributed by atoms with Crippen molar-refractivity contribution >= 4 is 19.0 Å². The third kappa shape index (κ3) is 6.24. The number of ether oxygens (including phenoxy) is 1. The highest BCUT2D eigenvalue weighted by atomic mass is 16.6. The molecule has 0 aromatic heterocycles. The molecule has 1 aliphatic rings. The molecule has 0 saturated carbocycles. The summed E-state index contributed by atoms with van der Waals surface area (Å²) in [5.74, 6) is 0.446. The van der Waals surface area contributed by atoms with Gasteiger partial charge in [-0.2, -0.15) is 0 Å². The number of benzene rings is 1. The normalized spacial score (nSPS) is 16.8. The Kier molecular flexibility index (Phi) is 6.88. The number of likely N-dealkylation sites (tertiary alicyclic amines) is 1. The van der Waals surface area contributed by atoms with E-state index >= 15 is 0 Å². The molecule has 0 atom stereocenters. The molecule has 28 heavy (non-hydrogen) atoms. The lowest BCUT2D eigenvalue weighted by molar-refractivity contribution is -0.0893. The minimum Gasteiger partial charge on any atom is -0.444 e. The Morgan fingerprint density at radius 3 is 2.04 bits per heavy atom. The Balaban J connectivity index is 1.87. The maximum absolute atomic E-state index is 12.2. The quantitative estimate of drug-likeness (QED) is 0.783. The molecule has 0 unspecified atom stereocenters. The summed E-state index contributed by atoms with van der Waals surface area (Å²) in [4.78, 5) is 14.0. The summed E-state index contributed by atoms with van der Waals surface area (Å²) >= 11 is 0. The molecule has 5 nitrogen and oxygen atoms in total. The van der Waals surface area contributed by atoms with Crippen molar-refractivity contribution in [3.63, 3.8) is 0 Å². The van der Waals surface area contributed by atoms with Gasteiger partial charge in [0.1, 0.15) is 5.60 Å². The van der Waals surface area contributed by atoms with Crippen molar-refractivity contribution in [3.8, 4) is 0 Å². The van der Waals surface area contributed by atoms with E-state index in [0.717, 1.165) is 31.4 Å². The van der Waals surface area contributed by atoms with Crippen LogP contribution in [0.2, 0.25) is 0 Å². The Labute approximate surface area is 170 Å². The first kappa shape index (κ1) is 22.8. The van der Waals surface area contributed by atoms with Gasteiger partial charge in [-0.3, -0.25) is 0 Å². The zero-order valence-electron chi connectivity index (χ0n) is 18.4. The zero-order chi connectivity index (χ0) is 21.2. The minimum absolute atomic E-state index is 0.220. The lowest BCUT2D eigenvalue weighted by Crippen LogP contribution is -2.49. The SMILES string of the molecule is CC(C)(C)OC(=O)N1CCC(c2ccc([B]OC(C)(C)C(C)(C)O)cc2)CC1. The number of aliphatic hydroxyl groups is 1. The fraction of sp³-hybridized carbons (Fsp3) is 0.682. The van der Waals surface area contributed by atoms with Crippen molar-refractivity contribution in [2.24, 2.45) is 0 Å². The Morgan fingerprint density at radius 2 is 1.57 bits per heavy atom. The van der Waals surface area contributed by atoms with Gasteiger partial charge in [-0.25, -0.2) is 4.79 Å². The van der Waals surface area contributed by atoms with Gasteiger partial charge in [0.25, 0.3) is 0 Å². The number of carbonyl (C=O) groups is 1. The van der Waals surface area contributed by atoms with Crippen LogP contribution in [0.1, 0.15) is 72.8 Å². The first-order chi connectivity index (χ1) is 12.8. The summed E-state index contributed by atoms with van der Waals surface area (Å²) in [5, 5.41) is 10.2. The number of hydrogen-bond donors (Lipinski definition) is 1. The molecular formula is C22H35BNO4. The molecule has 0 bridgehead atoms. The van der Waals surface area contributed by atoms with Crippen LogP contribution in [0.3, 0.4) is 0 Å². The summed E-state index contributed by atoms with van der Waals surface area (Å²) in [6.07, 6.45) is 1.65. The number of nitrogens with zero attached hydrogens (tertiary/aromatic N) is 1. The van der Waals surface area contributed by atoms with Crippen LogP contribution in [0.4, 0.5) is 4.79 Å². The molecule has 0 spiro atoms. The highest BCUT2D eigenvalue weighted by molar-refractivity contribution is 6.47. The summed E-state index contributed by atoms with van der Waals surface area (Å²) in [7, 11) is 1.70. The molecule has 2 rings (SSSR count). The molecule has 1 fully saturated rings. The maximum atomic E-state index is 12.2. The van der Waals surface area contributed by atoms with Crippen molar-refractivity contribution in [1.29, 1.82) is 0 Å². The summed E-state index contributed by atoms with van der Waals surface area (Å²) in [6, 6.07) is 8.33. The summed E-state index contributed by atoms with van der Waals surface area (Å²) in [5.41, 5.74) is 0.170. The van der Waals surface area contributed by atoms with Gasteiger partial charge in [0.15, 0.2) is 0 Å². The van der Waals surface area contributed by atoms with Crippen molar-refractivity contribution in [2.75, 3.05) is 13.1 Å². The Bertz CT molecular complexity index is 651. The number of piperidine rings is 1. The van der Waals surface area contributed by atoms with E-state index in [1.165, 1.54) is 5.56 Å². The van der Waals surface area contributed by atoms with Gasteiger partial charge in [0.05, 0.1) is 11.2 Å². The van der Waals surface area contributed by atoms with Crippen molar-refractivity contribution in [3.05, 3.63) is 29.8 Å². The smallest absolute Gasteiger partial charge is 0.410 e. The van der Waals surface area contributed by atoms with Gasteiger partial charge >= 0.3 is 13.6 Å². The first-order valence-corrected chi connectivity index (χ1v) is 10.1. The average Bonchev–Trinajstić information content (AvgIpc) is 2.58. The fourth-order valence-corrected chi connectivity index (χ4v) is 2.93. The molecule has 1 aliphatic heterocycles. The zero-order valence-corrected chi connectivity index (χ0v) is 18.4. The molecule has 1 saturated heterocycles. The van der Waals surface area contributed by atoms with Gasteiger partial charge in [-0.05, 0) is 72.8 Å². The number of hydrogen-bond acceptors (Lipinski definition) is 4. The summed E-state index contributed by atoms with van der Waals surface area (Å²) in [6.45, 7) is 14.3. The third-order valence-corrected chi connectivity index (χ3v) is 5.52. The number of amides is 1. The van der Waals surface area contributed by atoms with Crippen LogP contribution in [-0.4, -0.2) is 53.5 Å². The monoisotopic (exact) mass is 388 g/mol. The molecule has 1 aromatic rings. The van der Waals surface area contributed by atoms with E-state index in [1.807, 2.05) is 46.8 Å². The number of rotatable bonds is 5. The molecule has 1 heterocycles. The van der Waals surface area contributed by atoms with Gasteiger partial charge in [0.2, 0.25) is 0 Å². The Morgan fingerprint density at radius 1 is 1.04 bits per heavy atom. The molecular weight excluding hydrogens is 353 g/mol. The first-order valence-electron chi connectivity index (χ1n) is 10.1. The van der Waals surface area contributed by atoms with E-state index in [9.17, 15) is 9.90 Å². The maximum Gasteiger partial charge on any atom is 0.410 e. The van der Waals surface area contributed by atoms with E-state index in [1.54, 1.807) is 26.2 Å². The van der Waals surface area contributed by atoms with Crippen LogP contribution in [-0.2, 0) is 9.39 Å². The third-order valence-electron chi connectivity index (χ3n) is 5.52. The van der Waals surface area contributed by atoms with E-state index in [2.05, 4.69) is 12.1 Å². The van der Waals surface area contributed by atoms with E-state index in [-0.39, 0.29) is 6.09 Å². The van der Waals surface area contributed by atoms with Crippen LogP contribution in [0, 0.1) is 0 Å². The number of carbonyl (C=O) groups excluding carboxylic acids is 1. The van der Waals surface area contributed by atoms with Crippen molar-refractivity contribution < 1.29 is 19.3 Å². The van der Waals surface area contributed by atoms with Gasteiger partial charge in [-0.15, -0.1) is 0 Å². The summed E-state index contributed by atoms with van der Waals surface area (Å²) < 4.78 is 11.3. The van der Waals surface area contributed by atoms with E-state index in [4.69, 9.17) is 9.39 Å². The van der Waals surface area contributed by atoms with Crippen LogP contribution in [0.25, 0.3) is 0 Å². The van der Waals surface area contributed by atoms with Crippen molar-refractivity contribution in [2.45, 2.75) is 84.0 Å². The van der Waals surface area contributed by atoms with E-state index < -0.39 is 16.8 Å². The van der Waals surface area contributed by atoms with Gasteiger partial charge in [0, 0.05) is 13.1 Å². The second-order valence-electron chi connectivity index (χ2n) is 9.71. The topological polar surface area (TPSA) is 59.0 Å². The molecule has 6 heteroatoms. The molecule has 155 valence electrons.